The maximum atomic E-state index is 13.8. The number of hydrogen-bond donors (Lipinski definition) is 2. The lowest BCUT2D eigenvalue weighted by atomic mass is 10.0. The Morgan fingerprint density at radius 2 is 1.41 bits per heavy atom. The van der Waals surface area contributed by atoms with Crippen LogP contribution in [0.25, 0.3) is 10.9 Å². The van der Waals surface area contributed by atoms with Gasteiger partial charge in [-0.25, -0.2) is 13.6 Å². The van der Waals surface area contributed by atoms with Gasteiger partial charge in [0.1, 0.15) is 12.4 Å². The summed E-state index contributed by atoms with van der Waals surface area (Å²) in [6.07, 6.45) is 6.61. The molecule has 268 valence electrons. The summed E-state index contributed by atoms with van der Waals surface area (Å²) >= 11 is 0. The van der Waals surface area contributed by atoms with Gasteiger partial charge in [-0.05, 0) is 78.6 Å². The summed E-state index contributed by atoms with van der Waals surface area (Å²) in [5.74, 6) is 0.602. The van der Waals surface area contributed by atoms with Gasteiger partial charge in [-0.3, -0.25) is 9.59 Å². The molecule has 10 heteroatoms. The number of nitrogens with one attached hydrogen (secondary N) is 1. The van der Waals surface area contributed by atoms with Gasteiger partial charge in [0.05, 0.1) is 16.8 Å². The number of carbonyl (C=O) groups is 1. The summed E-state index contributed by atoms with van der Waals surface area (Å²) in [6, 6.07) is 33.7. The minimum Gasteiger partial charge on any atom is -0.487 e. The molecule has 0 fully saturated rings. The number of fused-ring (bicyclic) bond motifs is 1. The largest absolute Gasteiger partial charge is 0.487 e. The van der Waals surface area contributed by atoms with Gasteiger partial charge in [-0.15, -0.1) is 0 Å². The number of pyridine rings is 1. The van der Waals surface area contributed by atoms with Crippen LogP contribution in [0.3, 0.4) is 0 Å². The SMILES string of the molecule is NS(=O)(=O)c1cccc(CCCCOCCCCCCN(Cc2ccccc2)C(=O)Cc2ccc(OCc3ccccc3)c3[nH]c(=O)ccc23)c1. The highest BCUT2D eigenvalue weighted by Crippen LogP contribution is 2.28. The molecule has 3 N–H and O–H groups in total. The third kappa shape index (κ3) is 11.9. The van der Waals surface area contributed by atoms with Crippen molar-refractivity contribution in [3.63, 3.8) is 0 Å². The van der Waals surface area contributed by atoms with Crippen molar-refractivity contribution < 1.29 is 22.7 Å². The maximum absolute atomic E-state index is 13.8. The molecule has 9 nitrogen and oxygen atoms in total. The average Bonchev–Trinajstić information content (AvgIpc) is 3.13. The van der Waals surface area contributed by atoms with Crippen molar-refractivity contribution in [1.29, 1.82) is 0 Å². The minimum atomic E-state index is -3.69. The minimum absolute atomic E-state index is 0.0315. The maximum Gasteiger partial charge on any atom is 0.248 e. The fraction of sp³-hybridized carbons (Fsp3) is 0.317. The topological polar surface area (TPSA) is 132 Å². The van der Waals surface area contributed by atoms with Gasteiger partial charge in [-0.2, -0.15) is 0 Å². The summed E-state index contributed by atoms with van der Waals surface area (Å²) in [7, 11) is -3.69. The van der Waals surface area contributed by atoms with Crippen molar-refractivity contribution in [3.8, 4) is 5.75 Å². The van der Waals surface area contributed by atoms with Crippen LogP contribution in [0.5, 0.6) is 5.75 Å². The zero-order valence-corrected chi connectivity index (χ0v) is 29.8. The summed E-state index contributed by atoms with van der Waals surface area (Å²) in [4.78, 5) is 31.1. The van der Waals surface area contributed by atoms with Gasteiger partial charge in [0.15, 0.2) is 0 Å². The highest BCUT2D eigenvalue weighted by Gasteiger charge is 2.18. The molecule has 1 amide bonds. The number of benzene rings is 4. The highest BCUT2D eigenvalue weighted by atomic mass is 32.2. The zero-order chi connectivity index (χ0) is 35.9. The molecule has 0 spiro atoms. The standard InChI is InChI=1S/C41H47N3O6S/c42-51(47,48)36-20-13-19-32(28-36)14-9-12-27-49-26-11-2-1-10-25-44(30-33-15-5-3-6-16-33)40(46)29-35-21-23-38(41-37(35)22-24-39(45)43-41)50-31-34-17-7-4-8-18-34/h3-8,13,15-24,28H,1-2,9-12,14,25-27,29-31H2,(H,43,45)(H2,42,47,48). The quantitative estimate of drug-likeness (QED) is 0.0844. The number of nitrogens with two attached hydrogens (primary N) is 1. The number of sulfonamides is 1. The van der Waals surface area contributed by atoms with Crippen LogP contribution in [0.1, 0.15) is 60.8 Å². The van der Waals surface area contributed by atoms with Crippen molar-refractivity contribution in [2.45, 2.75) is 69.4 Å². The van der Waals surface area contributed by atoms with Gasteiger partial charge >= 0.3 is 0 Å². The van der Waals surface area contributed by atoms with E-state index >= 15 is 0 Å². The Kier molecular flexibility index (Phi) is 14.0. The second-order valence-corrected chi connectivity index (χ2v) is 14.3. The van der Waals surface area contributed by atoms with Crippen LogP contribution in [-0.4, -0.2) is 44.0 Å². The number of amides is 1. The molecule has 0 radical (unpaired) electrons. The zero-order valence-electron chi connectivity index (χ0n) is 29.0. The summed E-state index contributed by atoms with van der Waals surface area (Å²) in [6.45, 7) is 2.89. The first-order chi connectivity index (χ1) is 24.8. The van der Waals surface area contributed by atoms with E-state index in [-0.39, 0.29) is 22.8 Å². The van der Waals surface area contributed by atoms with E-state index in [1.54, 1.807) is 18.2 Å². The van der Waals surface area contributed by atoms with Gasteiger partial charge in [0.2, 0.25) is 21.5 Å². The van der Waals surface area contributed by atoms with E-state index in [1.807, 2.05) is 83.8 Å². The number of rotatable bonds is 20. The van der Waals surface area contributed by atoms with Crippen LogP contribution < -0.4 is 15.4 Å². The van der Waals surface area contributed by atoms with Crippen LogP contribution >= 0.6 is 0 Å². The number of hydrogen-bond acceptors (Lipinski definition) is 6. The molecule has 0 aliphatic heterocycles. The van der Waals surface area contributed by atoms with E-state index in [2.05, 4.69) is 4.98 Å². The van der Waals surface area contributed by atoms with E-state index < -0.39 is 10.0 Å². The predicted molar refractivity (Wildman–Crippen MR) is 201 cm³/mol. The Balaban J connectivity index is 1.09. The van der Waals surface area contributed by atoms with Crippen LogP contribution in [-0.2, 0) is 45.5 Å². The Morgan fingerprint density at radius 3 is 2.16 bits per heavy atom. The second kappa shape index (κ2) is 19.0. The molecule has 0 aliphatic carbocycles. The third-order valence-corrected chi connectivity index (χ3v) is 9.70. The molecule has 1 heterocycles. The van der Waals surface area contributed by atoms with Gasteiger partial charge in [0.25, 0.3) is 0 Å². The predicted octanol–water partition coefficient (Wildman–Crippen LogP) is 6.93. The number of unbranched alkanes of at least 4 members (excludes halogenated alkanes) is 4. The van der Waals surface area contributed by atoms with Crippen molar-refractivity contribution in [1.82, 2.24) is 9.88 Å². The van der Waals surface area contributed by atoms with Crippen molar-refractivity contribution in [3.05, 3.63) is 142 Å². The summed E-state index contributed by atoms with van der Waals surface area (Å²) in [5, 5.41) is 6.03. The lowest BCUT2D eigenvalue weighted by molar-refractivity contribution is -0.131. The van der Waals surface area contributed by atoms with E-state index in [9.17, 15) is 18.0 Å². The van der Waals surface area contributed by atoms with E-state index in [4.69, 9.17) is 14.6 Å². The van der Waals surface area contributed by atoms with Gasteiger partial charge in [-0.1, -0.05) is 91.7 Å². The van der Waals surface area contributed by atoms with Crippen molar-refractivity contribution in [2.75, 3.05) is 19.8 Å². The molecule has 0 unspecified atom stereocenters. The molecule has 0 saturated carbocycles. The third-order valence-electron chi connectivity index (χ3n) is 8.79. The number of H-pyrrole nitrogens is 1. The van der Waals surface area contributed by atoms with Gasteiger partial charge in [0, 0.05) is 37.8 Å². The monoisotopic (exact) mass is 709 g/mol. The first-order valence-electron chi connectivity index (χ1n) is 17.6. The van der Waals surface area contributed by atoms with Gasteiger partial charge < -0.3 is 19.4 Å². The number of aromatic nitrogens is 1. The molecule has 5 aromatic rings. The fourth-order valence-corrected chi connectivity index (χ4v) is 6.62. The van der Waals surface area contributed by atoms with Crippen LogP contribution in [0.4, 0.5) is 0 Å². The van der Waals surface area contributed by atoms with Crippen LogP contribution in [0, 0.1) is 0 Å². The van der Waals surface area contributed by atoms with E-state index in [0.29, 0.717) is 44.2 Å². The molecule has 4 aromatic carbocycles. The normalized spacial score (nSPS) is 11.5. The van der Waals surface area contributed by atoms with E-state index in [0.717, 1.165) is 72.6 Å². The molecule has 0 bridgehead atoms. The van der Waals surface area contributed by atoms with Crippen molar-refractivity contribution in [2.24, 2.45) is 5.14 Å². The van der Waals surface area contributed by atoms with Crippen molar-refractivity contribution >= 4 is 26.8 Å². The Bertz CT molecular complexity index is 2020. The summed E-state index contributed by atoms with van der Waals surface area (Å²) < 4.78 is 35.1. The highest BCUT2D eigenvalue weighted by molar-refractivity contribution is 7.89. The fourth-order valence-electron chi connectivity index (χ4n) is 6.04. The molecule has 0 aliphatic rings. The lowest BCUT2D eigenvalue weighted by Crippen LogP contribution is -2.33. The van der Waals surface area contributed by atoms with Crippen LogP contribution in [0.15, 0.2) is 119 Å². The van der Waals surface area contributed by atoms with Crippen LogP contribution in [0.2, 0.25) is 0 Å². The number of aryl methyl sites for hydroxylation is 1. The second-order valence-electron chi connectivity index (χ2n) is 12.8. The Morgan fingerprint density at radius 1 is 0.725 bits per heavy atom. The summed E-state index contributed by atoms with van der Waals surface area (Å²) in [5.41, 5.74) is 4.26. The molecule has 0 atom stereocenters. The molecule has 1 aromatic heterocycles. The number of carbonyl (C=O) groups excluding carboxylic acids is 1. The number of aromatic amines is 1. The molecular weight excluding hydrogens is 663 g/mol. The number of nitrogens with zero attached hydrogens (tertiary/aromatic N) is 1. The first-order valence-corrected chi connectivity index (χ1v) is 19.1. The van der Waals surface area contributed by atoms with E-state index in [1.165, 1.54) is 12.1 Å². The number of ether oxygens (including phenoxy) is 2. The Hall–Kier alpha value is -4.77. The smallest absolute Gasteiger partial charge is 0.248 e. The number of primary sulfonamides is 1. The molecule has 0 saturated heterocycles. The lowest BCUT2D eigenvalue weighted by Gasteiger charge is -2.24. The molecular formula is C41H47N3O6S. The first kappa shape index (κ1) is 37.5. The average molecular weight is 710 g/mol. The Labute approximate surface area is 300 Å². The molecule has 5 rings (SSSR count). The molecule has 51 heavy (non-hydrogen) atoms.